The number of ether oxygens (including phenoxy) is 3. The highest BCUT2D eigenvalue weighted by atomic mass is 35.5. The Morgan fingerprint density at radius 1 is 1.11 bits per heavy atom. The van der Waals surface area contributed by atoms with Crippen molar-refractivity contribution in [2.75, 3.05) is 14.2 Å². The van der Waals surface area contributed by atoms with Crippen LogP contribution in [0.3, 0.4) is 0 Å². The Balaban J connectivity index is 1.72. The minimum atomic E-state index is -0.623. The zero-order chi connectivity index (χ0) is 19.4. The number of halogens is 2. The van der Waals surface area contributed by atoms with Gasteiger partial charge in [0.25, 0.3) is 5.89 Å². The lowest BCUT2D eigenvalue weighted by Crippen LogP contribution is -2.07. The molecule has 0 amide bonds. The smallest absolute Gasteiger partial charge is 0.338 e. The number of aromatic nitrogens is 2. The van der Waals surface area contributed by atoms with Crippen molar-refractivity contribution < 1.29 is 23.5 Å². The molecule has 1 aromatic heterocycles. The van der Waals surface area contributed by atoms with Gasteiger partial charge >= 0.3 is 5.97 Å². The lowest BCUT2D eigenvalue weighted by Gasteiger charge is -2.11. The maximum atomic E-state index is 12.3. The molecule has 0 spiro atoms. The molecule has 0 fully saturated rings. The largest absolute Gasteiger partial charge is 0.493 e. The van der Waals surface area contributed by atoms with Gasteiger partial charge in [-0.2, -0.15) is 4.98 Å². The van der Waals surface area contributed by atoms with Gasteiger partial charge in [-0.15, -0.1) is 0 Å². The molecule has 0 unspecified atom stereocenters. The fourth-order valence-electron chi connectivity index (χ4n) is 2.31. The molecule has 9 heteroatoms. The second-order valence-electron chi connectivity index (χ2n) is 5.27. The van der Waals surface area contributed by atoms with Crippen LogP contribution in [0.2, 0.25) is 10.0 Å². The predicted molar refractivity (Wildman–Crippen MR) is 98.4 cm³/mol. The molecule has 0 saturated heterocycles. The fourth-order valence-corrected chi connectivity index (χ4v) is 2.81. The number of hydrogen-bond donors (Lipinski definition) is 0. The number of nitrogens with zero attached hydrogens (tertiary/aromatic N) is 2. The van der Waals surface area contributed by atoms with Crippen molar-refractivity contribution in [2.24, 2.45) is 0 Å². The van der Waals surface area contributed by atoms with Crippen LogP contribution in [0.15, 0.2) is 40.9 Å². The average molecular weight is 409 g/mol. The van der Waals surface area contributed by atoms with Crippen molar-refractivity contribution >= 4 is 29.2 Å². The van der Waals surface area contributed by atoms with Crippen LogP contribution in [0.4, 0.5) is 0 Å². The zero-order valence-electron chi connectivity index (χ0n) is 14.4. The first-order chi connectivity index (χ1) is 13.0. The highest BCUT2D eigenvalue weighted by Gasteiger charge is 2.18. The van der Waals surface area contributed by atoms with Crippen LogP contribution in [0.25, 0.3) is 11.5 Å². The molecule has 27 heavy (non-hydrogen) atoms. The van der Waals surface area contributed by atoms with Crippen LogP contribution >= 0.6 is 23.2 Å². The van der Waals surface area contributed by atoms with Crippen molar-refractivity contribution in [1.29, 1.82) is 0 Å². The van der Waals surface area contributed by atoms with Crippen LogP contribution in [0.5, 0.6) is 11.5 Å². The van der Waals surface area contributed by atoms with E-state index in [1.165, 1.54) is 26.4 Å². The third-order valence-electron chi connectivity index (χ3n) is 3.57. The third-order valence-corrected chi connectivity index (χ3v) is 4.18. The average Bonchev–Trinajstić information content (AvgIpc) is 3.14. The van der Waals surface area contributed by atoms with E-state index in [0.29, 0.717) is 22.1 Å². The SMILES string of the molecule is COc1cc(C(=O)OCc2noc(-c3ccccc3Cl)n2)cc(Cl)c1OC. The number of methoxy groups -OCH3 is 2. The molecule has 3 rings (SSSR count). The number of esters is 1. The van der Waals surface area contributed by atoms with Gasteiger partial charge in [-0.25, -0.2) is 4.79 Å². The third kappa shape index (κ3) is 4.15. The van der Waals surface area contributed by atoms with E-state index < -0.39 is 5.97 Å². The van der Waals surface area contributed by atoms with Crippen molar-refractivity contribution in [2.45, 2.75) is 6.61 Å². The molecule has 3 aromatic rings. The Kier molecular flexibility index (Phi) is 5.83. The Hall–Kier alpha value is -2.77. The van der Waals surface area contributed by atoms with Gasteiger partial charge in [0.1, 0.15) is 0 Å². The molecule has 1 heterocycles. The van der Waals surface area contributed by atoms with Gasteiger partial charge in [0.05, 0.1) is 35.4 Å². The molecule has 2 aromatic carbocycles. The first-order valence-corrected chi connectivity index (χ1v) is 8.45. The lowest BCUT2D eigenvalue weighted by molar-refractivity contribution is 0.0459. The summed E-state index contributed by atoms with van der Waals surface area (Å²) in [5, 5.41) is 4.49. The minimum Gasteiger partial charge on any atom is -0.493 e. The number of benzene rings is 2. The van der Waals surface area contributed by atoms with Gasteiger partial charge in [-0.1, -0.05) is 40.5 Å². The first kappa shape index (κ1) is 19.0. The van der Waals surface area contributed by atoms with E-state index in [9.17, 15) is 4.79 Å². The van der Waals surface area contributed by atoms with Gasteiger partial charge < -0.3 is 18.7 Å². The molecule has 7 nitrogen and oxygen atoms in total. The molecule has 140 valence electrons. The quantitative estimate of drug-likeness (QED) is 0.558. The summed E-state index contributed by atoms with van der Waals surface area (Å²) in [6.07, 6.45) is 0. The number of carbonyl (C=O) groups excluding carboxylic acids is 1. The molecule has 0 radical (unpaired) electrons. The van der Waals surface area contributed by atoms with E-state index >= 15 is 0 Å². The number of hydrogen-bond acceptors (Lipinski definition) is 7. The van der Waals surface area contributed by atoms with Gasteiger partial charge in [0.2, 0.25) is 5.82 Å². The molecule has 0 aliphatic rings. The van der Waals surface area contributed by atoms with Crippen LogP contribution in [-0.2, 0) is 11.3 Å². The van der Waals surface area contributed by atoms with Crippen molar-refractivity contribution in [3.8, 4) is 23.0 Å². The van der Waals surface area contributed by atoms with E-state index in [1.807, 2.05) is 0 Å². The summed E-state index contributed by atoms with van der Waals surface area (Å²) >= 11 is 12.2. The summed E-state index contributed by atoms with van der Waals surface area (Å²) in [5.74, 6) is 0.461. The Morgan fingerprint density at radius 3 is 2.59 bits per heavy atom. The summed E-state index contributed by atoms with van der Waals surface area (Å²) in [6, 6.07) is 9.94. The maximum absolute atomic E-state index is 12.3. The summed E-state index contributed by atoms with van der Waals surface area (Å²) in [6.45, 7) is -0.182. The summed E-state index contributed by atoms with van der Waals surface area (Å²) in [7, 11) is 2.90. The molecule has 0 bridgehead atoms. The van der Waals surface area contributed by atoms with E-state index in [0.717, 1.165) is 0 Å². The standard InChI is InChI=1S/C18H14Cl2N2O5/c1-24-14-8-10(7-13(20)16(14)25-2)18(23)26-9-15-21-17(27-22-15)11-5-3-4-6-12(11)19/h3-8H,9H2,1-2H3. The Bertz CT molecular complexity index is 974. The Labute approximate surface area is 164 Å². The number of rotatable bonds is 6. The summed E-state index contributed by atoms with van der Waals surface area (Å²) < 4.78 is 20.7. The van der Waals surface area contributed by atoms with Crippen molar-refractivity contribution in [3.05, 3.63) is 57.8 Å². The maximum Gasteiger partial charge on any atom is 0.338 e. The monoisotopic (exact) mass is 408 g/mol. The predicted octanol–water partition coefficient (Wildman–Crippen LogP) is 4.42. The first-order valence-electron chi connectivity index (χ1n) is 7.69. The number of carbonyl (C=O) groups is 1. The topological polar surface area (TPSA) is 83.7 Å². The zero-order valence-corrected chi connectivity index (χ0v) is 15.9. The molecule has 0 aliphatic heterocycles. The molecule has 0 atom stereocenters. The van der Waals surface area contributed by atoms with Gasteiger partial charge in [-0.3, -0.25) is 0 Å². The van der Waals surface area contributed by atoms with Gasteiger partial charge in [0.15, 0.2) is 18.1 Å². The normalized spacial score (nSPS) is 10.5. The summed E-state index contributed by atoms with van der Waals surface area (Å²) in [5.41, 5.74) is 0.795. The van der Waals surface area contributed by atoms with Gasteiger partial charge in [0, 0.05) is 0 Å². The molecular weight excluding hydrogens is 395 g/mol. The highest BCUT2D eigenvalue weighted by molar-refractivity contribution is 6.33. The molecular formula is C18H14Cl2N2O5. The van der Waals surface area contributed by atoms with Crippen LogP contribution in [0, 0.1) is 0 Å². The summed E-state index contributed by atoms with van der Waals surface area (Å²) in [4.78, 5) is 16.5. The van der Waals surface area contributed by atoms with Gasteiger partial charge in [-0.05, 0) is 24.3 Å². The minimum absolute atomic E-state index is 0.182. The molecule has 0 aliphatic carbocycles. The second kappa shape index (κ2) is 8.28. The lowest BCUT2D eigenvalue weighted by atomic mass is 10.2. The van der Waals surface area contributed by atoms with Crippen LogP contribution < -0.4 is 9.47 Å². The van der Waals surface area contributed by atoms with E-state index in [2.05, 4.69) is 10.1 Å². The van der Waals surface area contributed by atoms with E-state index in [4.69, 9.17) is 41.9 Å². The molecule has 0 saturated carbocycles. The Morgan fingerprint density at radius 2 is 1.89 bits per heavy atom. The molecule has 0 N–H and O–H groups in total. The van der Waals surface area contributed by atoms with Crippen LogP contribution in [-0.4, -0.2) is 30.3 Å². The fraction of sp³-hybridized carbons (Fsp3) is 0.167. The van der Waals surface area contributed by atoms with Crippen LogP contribution in [0.1, 0.15) is 16.2 Å². The highest BCUT2D eigenvalue weighted by Crippen LogP contribution is 2.36. The van der Waals surface area contributed by atoms with E-state index in [1.54, 1.807) is 24.3 Å². The van der Waals surface area contributed by atoms with Crippen molar-refractivity contribution in [3.63, 3.8) is 0 Å². The second-order valence-corrected chi connectivity index (χ2v) is 6.08. The van der Waals surface area contributed by atoms with Crippen molar-refractivity contribution in [1.82, 2.24) is 10.1 Å². The van der Waals surface area contributed by atoms with E-state index in [-0.39, 0.29) is 28.9 Å².